The number of nitrogens with zero attached hydrogens (tertiary/aromatic N) is 3. The van der Waals surface area contributed by atoms with Gasteiger partial charge in [0.1, 0.15) is 0 Å². The first kappa shape index (κ1) is 12.5. The maximum atomic E-state index is 4.18. The number of H-pyrrole nitrogens is 1. The minimum Gasteiger partial charge on any atom is -0.170 e. The fourth-order valence-electron chi connectivity index (χ4n) is 1.82. The van der Waals surface area contributed by atoms with Crippen molar-refractivity contribution in [1.82, 2.24) is 4.86 Å². The zero-order valence-corrected chi connectivity index (χ0v) is 13.7. The first-order chi connectivity index (χ1) is 6.23. The van der Waals surface area contributed by atoms with Gasteiger partial charge in [-0.1, -0.05) is 43.5 Å². The second kappa shape index (κ2) is 4.10. The van der Waals surface area contributed by atoms with E-state index in [1.54, 1.807) is 0 Å². The molecule has 1 heterocycles. The predicted octanol–water partition coefficient (Wildman–Crippen LogP) is 1.40. The summed E-state index contributed by atoms with van der Waals surface area (Å²) in [7, 11) is -0.835. The van der Waals surface area contributed by atoms with Crippen LogP contribution in [0.4, 0.5) is 0 Å². The smallest absolute Gasteiger partial charge is 0.170 e. The molecule has 0 aromatic carbocycles. The van der Waals surface area contributed by atoms with Gasteiger partial charge in [-0.25, -0.2) is 0 Å². The Hall–Kier alpha value is 0.394. The zero-order chi connectivity index (χ0) is 11.0. The van der Waals surface area contributed by atoms with Gasteiger partial charge in [-0.05, 0) is 0 Å². The van der Waals surface area contributed by atoms with Crippen molar-refractivity contribution in [3.05, 3.63) is 0 Å². The summed E-state index contributed by atoms with van der Waals surface area (Å²) in [6.45, 7) is 14.4. The molecule has 1 unspecified atom stereocenters. The first-order valence-corrected chi connectivity index (χ1v) is 13.4. The second-order valence-corrected chi connectivity index (χ2v) is 17.3. The molecule has 0 bridgehead atoms. The third kappa shape index (κ3) is 2.94. The van der Waals surface area contributed by atoms with Crippen LogP contribution in [0, 0.1) is 0 Å². The molecular weight excluding hydrogens is 246 g/mol. The highest BCUT2D eigenvalue weighted by molar-refractivity contribution is 7.25. The zero-order valence-electron chi connectivity index (χ0n) is 9.79. The third-order valence-electron chi connectivity index (χ3n) is 1.79. The van der Waals surface area contributed by atoms with Gasteiger partial charge >= 0.3 is 17.0 Å². The van der Waals surface area contributed by atoms with Crippen LogP contribution in [-0.4, -0.2) is 21.3 Å². The molecule has 0 saturated carbocycles. The lowest BCUT2D eigenvalue weighted by Crippen LogP contribution is -2.74. The maximum absolute atomic E-state index is 4.18. The average Bonchev–Trinajstić information content (AvgIpc) is 2.31. The summed E-state index contributed by atoms with van der Waals surface area (Å²) in [6, 6.07) is 0. The molecule has 1 N–H and O–H groups in total. The Bertz CT molecular complexity index is 276. The Morgan fingerprint density at radius 2 is 1.64 bits per heavy atom. The van der Waals surface area contributed by atoms with Crippen LogP contribution in [0.1, 0.15) is 0 Å². The molecule has 80 valence electrons. The van der Waals surface area contributed by atoms with Crippen molar-refractivity contribution >= 4 is 33.5 Å². The molecule has 1 aromatic rings. The van der Waals surface area contributed by atoms with Gasteiger partial charge in [0.05, 0.1) is 0 Å². The van der Waals surface area contributed by atoms with E-state index in [1.165, 1.54) is 0 Å². The van der Waals surface area contributed by atoms with Crippen LogP contribution in [0.3, 0.4) is 0 Å². The van der Waals surface area contributed by atoms with Gasteiger partial charge in [-0.15, -0.1) is 0 Å². The minimum atomic E-state index is -1.27. The molecule has 0 spiro atoms. The van der Waals surface area contributed by atoms with E-state index in [0.717, 1.165) is 8.51 Å². The Kier molecular flexibility index (Phi) is 3.65. The summed E-state index contributed by atoms with van der Waals surface area (Å²) in [4.78, 5) is 7.24. The van der Waals surface area contributed by atoms with E-state index in [1.807, 2.05) is 0 Å². The monoisotopic (exact) mass is 266 g/mol. The van der Waals surface area contributed by atoms with Gasteiger partial charge < -0.3 is 0 Å². The molecular formula is C6H20N4P2Si2+2. The molecule has 0 aliphatic rings. The van der Waals surface area contributed by atoms with Crippen LogP contribution in [-0.2, 0) is 0 Å². The highest BCUT2D eigenvalue weighted by atomic mass is 31.1. The number of aromatic nitrogens is 3. The second-order valence-electron chi connectivity index (χ2n) is 5.36. The summed E-state index contributed by atoms with van der Waals surface area (Å²) in [5.74, 6) is 0. The van der Waals surface area contributed by atoms with Gasteiger partial charge in [-0.2, -0.15) is 4.34 Å². The quantitative estimate of drug-likeness (QED) is 0.775. The van der Waals surface area contributed by atoms with Crippen molar-refractivity contribution in [2.75, 3.05) is 4.34 Å². The van der Waals surface area contributed by atoms with Crippen molar-refractivity contribution < 1.29 is 9.06 Å². The van der Waals surface area contributed by atoms with Crippen molar-refractivity contribution in [2.24, 2.45) is 0 Å². The van der Waals surface area contributed by atoms with Crippen LogP contribution in [0.2, 0.25) is 39.3 Å². The number of hydrogen-bond acceptors (Lipinski definition) is 2. The van der Waals surface area contributed by atoms with Crippen molar-refractivity contribution in [3.63, 3.8) is 0 Å². The molecule has 14 heavy (non-hydrogen) atoms. The summed E-state index contributed by atoms with van der Waals surface area (Å²) in [5, 5.41) is 0. The Labute approximate surface area is 91.3 Å². The van der Waals surface area contributed by atoms with E-state index >= 15 is 0 Å². The van der Waals surface area contributed by atoms with Gasteiger partial charge in [0.2, 0.25) is 0 Å². The van der Waals surface area contributed by atoms with E-state index in [-0.39, 0.29) is 0 Å². The normalized spacial score (nSPS) is 14.8. The fourth-order valence-corrected chi connectivity index (χ4v) is 16.1. The minimum absolute atomic E-state index is 0.627. The molecule has 0 amide bonds. The van der Waals surface area contributed by atoms with E-state index < -0.39 is 16.5 Å². The van der Waals surface area contributed by atoms with Crippen LogP contribution < -0.4 is 13.4 Å². The number of aromatic amines is 1. The first-order valence-electron chi connectivity index (χ1n) is 4.74. The molecule has 0 aliphatic carbocycles. The molecule has 0 aliphatic heterocycles. The van der Waals surface area contributed by atoms with Gasteiger partial charge in [0, 0.05) is 4.86 Å². The van der Waals surface area contributed by atoms with E-state index in [2.05, 4.69) is 57.5 Å². The maximum Gasteiger partial charge on any atom is 0.572 e. The average molecular weight is 266 g/mol. The lowest BCUT2D eigenvalue weighted by atomic mass is 11.8. The molecule has 0 fully saturated rings. The van der Waals surface area contributed by atoms with Crippen molar-refractivity contribution in [1.29, 1.82) is 0 Å². The van der Waals surface area contributed by atoms with Crippen molar-refractivity contribution in [2.45, 2.75) is 39.3 Å². The van der Waals surface area contributed by atoms with Crippen LogP contribution in [0.15, 0.2) is 0 Å². The molecule has 8 heteroatoms. The summed E-state index contributed by atoms with van der Waals surface area (Å²) in [5.41, 5.74) is 0. The third-order valence-corrected chi connectivity index (χ3v) is 11.4. The van der Waals surface area contributed by atoms with Gasteiger partial charge in [0.15, 0.2) is 16.5 Å². The highest BCUT2D eigenvalue weighted by Gasteiger charge is 2.42. The molecule has 0 radical (unpaired) electrons. The van der Waals surface area contributed by atoms with E-state index in [4.69, 9.17) is 0 Å². The summed E-state index contributed by atoms with van der Waals surface area (Å²) >= 11 is 0. The Balaban J connectivity index is 3.08. The molecule has 1 atom stereocenters. The Morgan fingerprint density at radius 3 is 1.93 bits per heavy atom. The summed E-state index contributed by atoms with van der Waals surface area (Å²) in [6.07, 6.45) is 0. The summed E-state index contributed by atoms with van der Waals surface area (Å²) < 4.78 is 5.04. The predicted molar refractivity (Wildman–Crippen MR) is 67.9 cm³/mol. The van der Waals surface area contributed by atoms with Crippen LogP contribution in [0.5, 0.6) is 0 Å². The standard InChI is InChI=1S/C6H19N4P2Si2/c1-13(2,3)10(14(4,5)6)9-11-7-8-12-9/h11H,1-6H3/q+1/p+1. The van der Waals surface area contributed by atoms with Crippen LogP contribution >= 0.6 is 17.0 Å². The SMILES string of the molecule is C[Si](C)(C)N([n+]1pn[nH+][pH]1)[Si](C)(C)C. The van der Waals surface area contributed by atoms with E-state index in [9.17, 15) is 0 Å². The van der Waals surface area contributed by atoms with E-state index in [0.29, 0.717) is 8.51 Å². The lowest BCUT2D eigenvalue weighted by Gasteiger charge is -2.36. The molecule has 1 rings (SSSR count). The highest BCUT2D eigenvalue weighted by Crippen LogP contribution is 2.15. The molecule has 1 aromatic heterocycles. The van der Waals surface area contributed by atoms with Gasteiger partial charge in [0.25, 0.3) is 4.86 Å². The number of rotatable bonds is 3. The molecule has 4 nitrogen and oxygen atoms in total. The largest absolute Gasteiger partial charge is 0.572 e. The Morgan fingerprint density at radius 1 is 1.14 bits per heavy atom. The van der Waals surface area contributed by atoms with Crippen molar-refractivity contribution in [3.8, 4) is 0 Å². The molecule has 0 saturated heterocycles. The van der Waals surface area contributed by atoms with Gasteiger partial charge in [-0.3, -0.25) is 0 Å². The lowest BCUT2D eigenvalue weighted by molar-refractivity contribution is -0.536. The topological polar surface area (TPSA) is 34.2 Å². The number of nitrogens with one attached hydrogen (secondary N) is 1. The number of hydrogen-bond donors (Lipinski definition) is 0. The van der Waals surface area contributed by atoms with Crippen LogP contribution in [0.25, 0.3) is 0 Å². The fraction of sp³-hybridized carbons (Fsp3) is 1.00.